The van der Waals surface area contributed by atoms with Gasteiger partial charge in [-0.05, 0) is 31.0 Å². The average Bonchev–Trinajstić information content (AvgIpc) is 2.84. The summed E-state index contributed by atoms with van der Waals surface area (Å²) >= 11 is 0. The number of fused-ring (bicyclic) bond motifs is 1. The third-order valence-electron chi connectivity index (χ3n) is 3.06. The zero-order valence-corrected chi connectivity index (χ0v) is 12.2. The summed E-state index contributed by atoms with van der Waals surface area (Å²) in [6.45, 7) is 3.63. The van der Waals surface area contributed by atoms with E-state index in [9.17, 15) is 19.2 Å². The van der Waals surface area contributed by atoms with Gasteiger partial charge >= 0.3 is 23.9 Å². The molecule has 0 aromatic heterocycles. The molecule has 7 heteroatoms. The molecule has 0 saturated carbocycles. The standard InChI is InChI=1S/C16H14O7/c1-2-13(17)21-7-3-4-8-22-14(18)10-5-6-11-12(9-10)16(20)23-15(11)19/h2,5-6,9H,1,3-4,7-8H2. The molecule has 1 aliphatic rings. The van der Waals surface area contributed by atoms with Crippen LogP contribution < -0.4 is 0 Å². The summed E-state index contributed by atoms with van der Waals surface area (Å²) in [7, 11) is 0. The highest BCUT2D eigenvalue weighted by atomic mass is 16.6. The van der Waals surface area contributed by atoms with Gasteiger partial charge in [0.1, 0.15) is 0 Å². The number of hydrogen-bond donors (Lipinski definition) is 0. The number of rotatable bonds is 7. The molecule has 1 heterocycles. The van der Waals surface area contributed by atoms with Gasteiger partial charge in [-0.2, -0.15) is 0 Å². The third kappa shape index (κ3) is 4.03. The summed E-state index contributed by atoms with van der Waals surface area (Å²) in [4.78, 5) is 45.4. The predicted molar refractivity (Wildman–Crippen MR) is 76.9 cm³/mol. The topological polar surface area (TPSA) is 96.0 Å². The number of hydrogen-bond acceptors (Lipinski definition) is 7. The molecule has 0 aliphatic carbocycles. The van der Waals surface area contributed by atoms with E-state index in [1.165, 1.54) is 18.2 Å². The molecule has 0 N–H and O–H groups in total. The molecule has 0 unspecified atom stereocenters. The van der Waals surface area contributed by atoms with E-state index < -0.39 is 23.9 Å². The Kier molecular flexibility index (Phi) is 5.24. The molecule has 1 aromatic carbocycles. The van der Waals surface area contributed by atoms with Crippen molar-refractivity contribution in [1.29, 1.82) is 0 Å². The molecule has 120 valence electrons. The van der Waals surface area contributed by atoms with Gasteiger partial charge in [-0.25, -0.2) is 19.2 Å². The number of esters is 4. The number of ether oxygens (including phenoxy) is 3. The van der Waals surface area contributed by atoms with Crippen LogP contribution in [0, 0.1) is 0 Å². The van der Waals surface area contributed by atoms with Gasteiger partial charge in [0.05, 0.1) is 29.9 Å². The summed E-state index contributed by atoms with van der Waals surface area (Å²) in [5, 5.41) is 0. The third-order valence-corrected chi connectivity index (χ3v) is 3.06. The maximum Gasteiger partial charge on any atom is 0.346 e. The zero-order valence-electron chi connectivity index (χ0n) is 12.2. The van der Waals surface area contributed by atoms with E-state index in [1.54, 1.807) is 0 Å². The van der Waals surface area contributed by atoms with Crippen molar-refractivity contribution in [2.75, 3.05) is 13.2 Å². The van der Waals surface area contributed by atoms with Gasteiger partial charge in [0, 0.05) is 6.08 Å². The zero-order chi connectivity index (χ0) is 16.8. The Hall–Kier alpha value is -2.96. The minimum atomic E-state index is -0.774. The monoisotopic (exact) mass is 318 g/mol. The first-order valence-corrected chi connectivity index (χ1v) is 6.90. The lowest BCUT2D eigenvalue weighted by atomic mass is 10.1. The molecular weight excluding hydrogens is 304 g/mol. The molecule has 0 amide bonds. The smallest absolute Gasteiger partial charge is 0.346 e. The van der Waals surface area contributed by atoms with Crippen molar-refractivity contribution in [1.82, 2.24) is 0 Å². The average molecular weight is 318 g/mol. The van der Waals surface area contributed by atoms with Gasteiger partial charge in [0.25, 0.3) is 0 Å². The normalized spacial score (nSPS) is 12.3. The Bertz CT molecular complexity index is 675. The molecule has 0 spiro atoms. The van der Waals surface area contributed by atoms with Gasteiger partial charge < -0.3 is 14.2 Å². The van der Waals surface area contributed by atoms with E-state index in [-0.39, 0.29) is 29.9 Å². The Morgan fingerprint density at radius 3 is 2.39 bits per heavy atom. The van der Waals surface area contributed by atoms with Crippen LogP contribution in [0.3, 0.4) is 0 Å². The van der Waals surface area contributed by atoms with Crippen molar-refractivity contribution in [2.45, 2.75) is 12.8 Å². The molecule has 1 aromatic rings. The van der Waals surface area contributed by atoms with Gasteiger partial charge in [-0.15, -0.1) is 0 Å². The highest BCUT2D eigenvalue weighted by molar-refractivity contribution is 6.15. The Morgan fingerprint density at radius 2 is 1.70 bits per heavy atom. The second-order valence-corrected chi connectivity index (χ2v) is 4.65. The summed E-state index contributed by atoms with van der Waals surface area (Å²) < 4.78 is 14.3. The van der Waals surface area contributed by atoms with Crippen molar-refractivity contribution in [3.05, 3.63) is 47.5 Å². The van der Waals surface area contributed by atoms with Gasteiger partial charge in [-0.3, -0.25) is 0 Å². The van der Waals surface area contributed by atoms with Crippen molar-refractivity contribution in [3.63, 3.8) is 0 Å². The number of unbranched alkanes of at least 4 members (excludes halogenated alkanes) is 1. The minimum Gasteiger partial charge on any atom is -0.463 e. The number of benzene rings is 1. The quantitative estimate of drug-likeness (QED) is 0.248. The van der Waals surface area contributed by atoms with E-state index in [4.69, 9.17) is 9.47 Å². The SMILES string of the molecule is C=CC(=O)OCCCCOC(=O)c1ccc2c(c1)C(=O)OC2=O. The number of carbonyl (C=O) groups excluding carboxylic acids is 4. The minimum absolute atomic E-state index is 0.0563. The molecule has 0 saturated heterocycles. The molecule has 0 radical (unpaired) electrons. The second kappa shape index (κ2) is 7.35. The first-order valence-electron chi connectivity index (χ1n) is 6.90. The maximum absolute atomic E-state index is 11.9. The van der Waals surface area contributed by atoms with E-state index in [0.29, 0.717) is 12.8 Å². The van der Waals surface area contributed by atoms with Crippen molar-refractivity contribution >= 4 is 23.9 Å². The van der Waals surface area contributed by atoms with E-state index in [0.717, 1.165) is 6.08 Å². The van der Waals surface area contributed by atoms with Crippen LogP contribution in [0.1, 0.15) is 43.9 Å². The Labute approximate surface area is 131 Å². The Balaban J connectivity index is 1.80. The largest absolute Gasteiger partial charge is 0.463 e. The lowest BCUT2D eigenvalue weighted by Crippen LogP contribution is -2.09. The molecule has 23 heavy (non-hydrogen) atoms. The molecule has 1 aliphatic heterocycles. The fourth-order valence-corrected chi connectivity index (χ4v) is 1.90. The first-order chi connectivity index (χ1) is 11.0. The van der Waals surface area contributed by atoms with E-state index in [1.807, 2.05) is 0 Å². The number of cyclic esters (lactones) is 2. The highest BCUT2D eigenvalue weighted by Gasteiger charge is 2.30. The predicted octanol–water partition coefficient (Wildman–Crippen LogP) is 1.66. The van der Waals surface area contributed by atoms with Crippen LogP contribution in [0.4, 0.5) is 0 Å². The Morgan fingerprint density at radius 1 is 1.04 bits per heavy atom. The van der Waals surface area contributed by atoms with Crippen molar-refractivity contribution in [3.8, 4) is 0 Å². The van der Waals surface area contributed by atoms with Crippen LogP contribution in [0.25, 0.3) is 0 Å². The second-order valence-electron chi connectivity index (χ2n) is 4.65. The fourth-order valence-electron chi connectivity index (χ4n) is 1.90. The molecule has 7 nitrogen and oxygen atoms in total. The van der Waals surface area contributed by atoms with Crippen LogP contribution in [-0.4, -0.2) is 37.1 Å². The van der Waals surface area contributed by atoms with Gasteiger partial charge in [0.2, 0.25) is 0 Å². The van der Waals surface area contributed by atoms with E-state index in [2.05, 4.69) is 11.3 Å². The van der Waals surface area contributed by atoms with E-state index >= 15 is 0 Å². The van der Waals surface area contributed by atoms with Gasteiger partial charge in [-0.1, -0.05) is 6.58 Å². The lowest BCUT2D eigenvalue weighted by Gasteiger charge is -2.05. The lowest BCUT2D eigenvalue weighted by molar-refractivity contribution is -0.137. The summed E-state index contributed by atoms with van der Waals surface area (Å²) in [6.07, 6.45) is 2.13. The van der Waals surface area contributed by atoms with Crippen LogP contribution in [0.5, 0.6) is 0 Å². The molecule has 0 atom stereocenters. The molecule has 0 bridgehead atoms. The van der Waals surface area contributed by atoms with Crippen LogP contribution in [-0.2, 0) is 19.0 Å². The summed E-state index contributed by atoms with van der Waals surface area (Å²) in [6, 6.07) is 4.03. The van der Waals surface area contributed by atoms with Crippen LogP contribution in [0.15, 0.2) is 30.9 Å². The number of carbonyl (C=O) groups is 4. The maximum atomic E-state index is 11.9. The molecule has 0 fully saturated rings. The molecule has 2 rings (SSSR count). The summed E-state index contributed by atoms with van der Waals surface area (Å²) in [5.41, 5.74) is 0.352. The van der Waals surface area contributed by atoms with Crippen molar-refractivity contribution < 1.29 is 33.4 Å². The first kappa shape index (κ1) is 16.4. The molecular formula is C16H14O7. The highest BCUT2D eigenvalue weighted by Crippen LogP contribution is 2.21. The summed E-state index contributed by atoms with van der Waals surface area (Å²) in [5.74, 6) is -2.60. The van der Waals surface area contributed by atoms with Crippen LogP contribution >= 0.6 is 0 Å². The van der Waals surface area contributed by atoms with Crippen molar-refractivity contribution in [2.24, 2.45) is 0 Å². The fraction of sp³-hybridized carbons (Fsp3) is 0.250. The van der Waals surface area contributed by atoms with Crippen LogP contribution in [0.2, 0.25) is 0 Å². The van der Waals surface area contributed by atoms with Gasteiger partial charge in [0.15, 0.2) is 0 Å².